The molecule has 0 saturated carbocycles. The topological polar surface area (TPSA) is 50.9 Å². The van der Waals surface area contributed by atoms with Crippen molar-refractivity contribution in [2.75, 3.05) is 12.3 Å². The van der Waals surface area contributed by atoms with Crippen molar-refractivity contribution < 1.29 is 4.39 Å². The maximum Gasteiger partial charge on any atom is 0.124 e. The van der Waals surface area contributed by atoms with Crippen LogP contribution in [0.15, 0.2) is 41.1 Å². The van der Waals surface area contributed by atoms with Gasteiger partial charge in [-0.05, 0) is 36.4 Å². The third-order valence-electron chi connectivity index (χ3n) is 2.82. The van der Waals surface area contributed by atoms with E-state index in [-0.39, 0.29) is 11.9 Å². The van der Waals surface area contributed by atoms with E-state index in [1.165, 1.54) is 12.1 Å². The number of nitrogen functional groups attached to an aromatic ring is 1. The van der Waals surface area contributed by atoms with Gasteiger partial charge < -0.3 is 11.1 Å². The molecule has 2 rings (SSSR count). The number of hydrogen-bond acceptors (Lipinski definition) is 3. The molecule has 1 aromatic heterocycles. The molecule has 0 aliphatic carbocycles. The molecule has 3 N–H and O–H groups in total. The van der Waals surface area contributed by atoms with Gasteiger partial charge in [0.25, 0.3) is 0 Å². The van der Waals surface area contributed by atoms with E-state index in [9.17, 15) is 4.39 Å². The van der Waals surface area contributed by atoms with Gasteiger partial charge in [0, 0.05) is 28.1 Å². The van der Waals surface area contributed by atoms with Crippen LogP contribution in [-0.4, -0.2) is 11.5 Å². The molecule has 2 aromatic rings. The molecule has 0 fully saturated rings. The highest BCUT2D eigenvalue weighted by molar-refractivity contribution is 9.10. The van der Waals surface area contributed by atoms with E-state index in [4.69, 9.17) is 5.73 Å². The van der Waals surface area contributed by atoms with Gasteiger partial charge >= 0.3 is 0 Å². The lowest BCUT2D eigenvalue weighted by Crippen LogP contribution is -2.23. The number of aromatic nitrogens is 1. The van der Waals surface area contributed by atoms with Crippen LogP contribution in [0.1, 0.15) is 24.1 Å². The Kier molecular flexibility index (Phi) is 4.50. The second-order valence-corrected chi connectivity index (χ2v) is 5.11. The first-order valence-electron chi connectivity index (χ1n) is 6.00. The molecule has 0 aliphatic rings. The van der Waals surface area contributed by atoms with Crippen LogP contribution in [0.25, 0.3) is 0 Å². The Morgan fingerprint density at radius 3 is 2.84 bits per heavy atom. The Hall–Kier alpha value is -1.46. The molecule has 1 heterocycles. The number of nitrogens with zero attached hydrogens (tertiary/aromatic N) is 1. The number of anilines is 1. The maximum atomic E-state index is 13.5. The summed E-state index contributed by atoms with van der Waals surface area (Å²) in [6.45, 7) is 2.74. The molecule has 1 aromatic carbocycles. The van der Waals surface area contributed by atoms with Crippen LogP contribution in [0.4, 0.5) is 10.1 Å². The largest absolute Gasteiger partial charge is 0.398 e. The van der Waals surface area contributed by atoms with Crippen molar-refractivity contribution in [3.05, 3.63) is 58.1 Å². The summed E-state index contributed by atoms with van der Waals surface area (Å²) >= 11 is 3.31. The first kappa shape index (κ1) is 14.0. The molecule has 0 aliphatic heterocycles. The van der Waals surface area contributed by atoms with Crippen molar-refractivity contribution in [3.8, 4) is 0 Å². The monoisotopic (exact) mass is 323 g/mol. The fourth-order valence-corrected chi connectivity index (χ4v) is 2.49. The van der Waals surface area contributed by atoms with E-state index < -0.39 is 0 Å². The standard InChI is InChI=1S/C14H15BrFN3/c1-2-19-14(12-8-18-4-3-13(12)17)9-5-10(15)7-11(16)6-9/h3-8,14,19H,2H2,1H3,(H2,17,18). The minimum atomic E-state index is -0.283. The van der Waals surface area contributed by atoms with Gasteiger partial charge in [-0.1, -0.05) is 22.9 Å². The summed E-state index contributed by atoms with van der Waals surface area (Å²) in [4.78, 5) is 4.09. The summed E-state index contributed by atoms with van der Waals surface area (Å²) in [5, 5.41) is 3.30. The highest BCUT2D eigenvalue weighted by Crippen LogP contribution is 2.28. The molecular formula is C14H15BrFN3. The quantitative estimate of drug-likeness (QED) is 0.908. The molecule has 19 heavy (non-hydrogen) atoms. The van der Waals surface area contributed by atoms with Crippen LogP contribution in [0.3, 0.4) is 0 Å². The van der Waals surface area contributed by atoms with Crippen molar-refractivity contribution in [1.82, 2.24) is 10.3 Å². The number of halogens is 2. The van der Waals surface area contributed by atoms with Crippen molar-refractivity contribution in [3.63, 3.8) is 0 Å². The summed E-state index contributed by atoms with van der Waals surface area (Å²) in [5.74, 6) is -0.283. The zero-order chi connectivity index (χ0) is 13.8. The number of rotatable bonds is 4. The summed E-state index contributed by atoms with van der Waals surface area (Å²) in [5.41, 5.74) is 8.28. The average Bonchev–Trinajstić information content (AvgIpc) is 2.36. The Balaban J connectivity index is 2.48. The van der Waals surface area contributed by atoms with Gasteiger partial charge in [-0.15, -0.1) is 0 Å². The molecule has 100 valence electrons. The van der Waals surface area contributed by atoms with Crippen LogP contribution in [-0.2, 0) is 0 Å². The Morgan fingerprint density at radius 2 is 2.21 bits per heavy atom. The average molecular weight is 324 g/mol. The van der Waals surface area contributed by atoms with E-state index in [0.29, 0.717) is 10.2 Å². The van der Waals surface area contributed by atoms with E-state index in [0.717, 1.165) is 17.7 Å². The van der Waals surface area contributed by atoms with Crippen molar-refractivity contribution in [1.29, 1.82) is 0 Å². The lowest BCUT2D eigenvalue weighted by atomic mass is 9.99. The lowest BCUT2D eigenvalue weighted by Gasteiger charge is -2.20. The Labute approximate surface area is 120 Å². The predicted octanol–water partition coefficient (Wildman–Crippen LogP) is 3.26. The molecule has 0 bridgehead atoms. The third-order valence-corrected chi connectivity index (χ3v) is 3.28. The van der Waals surface area contributed by atoms with E-state index in [2.05, 4.69) is 26.2 Å². The first-order valence-corrected chi connectivity index (χ1v) is 6.80. The van der Waals surface area contributed by atoms with Gasteiger partial charge in [-0.3, -0.25) is 4.98 Å². The van der Waals surface area contributed by atoms with Crippen LogP contribution < -0.4 is 11.1 Å². The van der Waals surface area contributed by atoms with E-state index >= 15 is 0 Å². The number of pyridine rings is 1. The van der Waals surface area contributed by atoms with Crippen LogP contribution >= 0.6 is 15.9 Å². The number of benzene rings is 1. The molecule has 0 spiro atoms. The normalized spacial score (nSPS) is 12.4. The van der Waals surface area contributed by atoms with Crippen molar-refractivity contribution in [2.24, 2.45) is 0 Å². The van der Waals surface area contributed by atoms with Gasteiger partial charge in [0.05, 0.1) is 6.04 Å². The highest BCUT2D eigenvalue weighted by atomic mass is 79.9. The van der Waals surface area contributed by atoms with Gasteiger partial charge in [0.2, 0.25) is 0 Å². The molecular weight excluding hydrogens is 309 g/mol. The van der Waals surface area contributed by atoms with Crippen LogP contribution in [0.5, 0.6) is 0 Å². The molecule has 1 atom stereocenters. The number of nitrogens with two attached hydrogens (primary N) is 1. The molecule has 1 unspecified atom stereocenters. The van der Waals surface area contributed by atoms with Crippen molar-refractivity contribution >= 4 is 21.6 Å². The predicted molar refractivity (Wildman–Crippen MR) is 78.3 cm³/mol. The lowest BCUT2D eigenvalue weighted by molar-refractivity contribution is 0.602. The number of nitrogens with one attached hydrogen (secondary N) is 1. The molecule has 3 nitrogen and oxygen atoms in total. The summed E-state index contributed by atoms with van der Waals surface area (Å²) < 4.78 is 14.2. The minimum Gasteiger partial charge on any atom is -0.398 e. The highest BCUT2D eigenvalue weighted by Gasteiger charge is 2.17. The molecule has 0 radical (unpaired) electrons. The van der Waals surface area contributed by atoms with E-state index in [1.807, 2.05) is 13.0 Å². The first-order chi connectivity index (χ1) is 9.11. The zero-order valence-electron chi connectivity index (χ0n) is 10.5. The maximum absolute atomic E-state index is 13.5. The summed E-state index contributed by atoms with van der Waals surface area (Å²) in [6, 6.07) is 6.38. The van der Waals surface area contributed by atoms with Gasteiger partial charge in [-0.25, -0.2) is 4.39 Å². The molecule has 5 heteroatoms. The van der Waals surface area contributed by atoms with Crippen LogP contribution in [0.2, 0.25) is 0 Å². The molecule has 0 saturated heterocycles. The van der Waals surface area contributed by atoms with Gasteiger partial charge in [0.15, 0.2) is 0 Å². The Morgan fingerprint density at radius 1 is 1.42 bits per heavy atom. The second-order valence-electron chi connectivity index (χ2n) is 4.20. The van der Waals surface area contributed by atoms with Crippen LogP contribution in [0, 0.1) is 5.82 Å². The Bertz CT molecular complexity index is 554. The van der Waals surface area contributed by atoms with Crippen molar-refractivity contribution in [2.45, 2.75) is 13.0 Å². The third kappa shape index (κ3) is 3.30. The number of hydrogen-bond donors (Lipinski definition) is 2. The summed E-state index contributed by atoms with van der Waals surface area (Å²) in [6.07, 6.45) is 3.35. The SMILES string of the molecule is CCNC(c1cc(F)cc(Br)c1)c1cnccc1N. The zero-order valence-corrected chi connectivity index (χ0v) is 12.1. The smallest absolute Gasteiger partial charge is 0.124 e. The summed E-state index contributed by atoms with van der Waals surface area (Å²) in [7, 11) is 0. The fourth-order valence-electron chi connectivity index (χ4n) is 2.01. The fraction of sp³-hybridized carbons (Fsp3) is 0.214. The van der Waals surface area contributed by atoms with Gasteiger partial charge in [-0.2, -0.15) is 0 Å². The van der Waals surface area contributed by atoms with Gasteiger partial charge in [0.1, 0.15) is 5.82 Å². The molecule has 0 amide bonds. The minimum absolute atomic E-state index is 0.175. The van der Waals surface area contributed by atoms with E-state index in [1.54, 1.807) is 18.5 Å². The second kappa shape index (κ2) is 6.12.